The van der Waals surface area contributed by atoms with E-state index in [1.807, 2.05) is 55.5 Å². The predicted octanol–water partition coefficient (Wildman–Crippen LogP) is 3.62. The molecule has 23 heavy (non-hydrogen) atoms. The number of nitrogens with one attached hydrogen (secondary N) is 2. The van der Waals surface area contributed by atoms with Crippen LogP contribution >= 0.6 is 0 Å². The highest BCUT2D eigenvalue weighted by Crippen LogP contribution is 2.15. The van der Waals surface area contributed by atoms with Crippen molar-refractivity contribution < 1.29 is 9.53 Å². The maximum Gasteiger partial charge on any atom is 0.228 e. The molecule has 0 radical (unpaired) electrons. The number of carbonyl (C=O) groups excluding carboxylic acids is 1. The minimum absolute atomic E-state index is 0.0000961. The van der Waals surface area contributed by atoms with Gasteiger partial charge in [0.25, 0.3) is 0 Å². The molecule has 4 nitrogen and oxygen atoms in total. The second kappa shape index (κ2) is 8.96. The van der Waals surface area contributed by atoms with Crippen LogP contribution in [0.15, 0.2) is 48.5 Å². The molecule has 2 aromatic carbocycles. The largest absolute Gasteiger partial charge is 0.385 e. The zero-order chi connectivity index (χ0) is 16.5. The van der Waals surface area contributed by atoms with Crippen molar-refractivity contribution in [2.75, 3.05) is 30.9 Å². The summed E-state index contributed by atoms with van der Waals surface area (Å²) < 4.78 is 5.01. The van der Waals surface area contributed by atoms with E-state index in [1.54, 1.807) is 7.11 Å². The average Bonchev–Trinajstić information content (AvgIpc) is 2.55. The molecule has 0 atom stereocenters. The molecule has 0 saturated carbocycles. The Bertz CT molecular complexity index is 624. The molecule has 2 N–H and O–H groups in total. The summed E-state index contributed by atoms with van der Waals surface area (Å²) in [6, 6.07) is 15.7. The maximum absolute atomic E-state index is 12.1. The molecule has 4 heteroatoms. The van der Waals surface area contributed by atoms with Gasteiger partial charge in [0.1, 0.15) is 0 Å². The Morgan fingerprint density at radius 3 is 2.43 bits per heavy atom. The third kappa shape index (κ3) is 5.75. The van der Waals surface area contributed by atoms with Crippen molar-refractivity contribution in [1.29, 1.82) is 0 Å². The van der Waals surface area contributed by atoms with Crippen molar-refractivity contribution in [1.82, 2.24) is 0 Å². The van der Waals surface area contributed by atoms with Gasteiger partial charge < -0.3 is 15.4 Å². The SMILES string of the molecule is COCCCNc1ccc(NC(=O)Cc2ccccc2C)cc1. The molecule has 0 unspecified atom stereocenters. The first-order valence-corrected chi connectivity index (χ1v) is 7.86. The molecule has 2 rings (SSSR count). The van der Waals surface area contributed by atoms with E-state index in [9.17, 15) is 4.79 Å². The van der Waals surface area contributed by atoms with E-state index in [1.165, 1.54) is 0 Å². The first kappa shape index (κ1) is 17.0. The van der Waals surface area contributed by atoms with E-state index in [4.69, 9.17) is 4.74 Å². The Morgan fingerprint density at radius 2 is 1.74 bits per heavy atom. The molecule has 0 fully saturated rings. The van der Waals surface area contributed by atoms with Crippen LogP contribution in [0.3, 0.4) is 0 Å². The number of methoxy groups -OCH3 is 1. The molecule has 0 spiro atoms. The fourth-order valence-corrected chi connectivity index (χ4v) is 2.31. The van der Waals surface area contributed by atoms with Crippen LogP contribution < -0.4 is 10.6 Å². The van der Waals surface area contributed by atoms with Crippen LogP contribution in [0.2, 0.25) is 0 Å². The highest BCUT2D eigenvalue weighted by molar-refractivity contribution is 5.92. The summed E-state index contributed by atoms with van der Waals surface area (Å²) in [5.41, 5.74) is 4.05. The summed E-state index contributed by atoms with van der Waals surface area (Å²) in [5.74, 6) is 0.0000961. The van der Waals surface area contributed by atoms with E-state index in [0.29, 0.717) is 6.42 Å². The van der Waals surface area contributed by atoms with Gasteiger partial charge in [0.05, 0.1) is 6.42 Å². The van der Waals surface area contributed by atoms with Crippen LogP contribution in [0.1, 0.15) is 17.5 Å². The Labute approximate surface area is 137 Å². The molecule has 122 valence electrons. The lowest BCUT2D eigenvalue weighted by Gasteiger charge is -2.09. The van der Waals surface area contributed by atoms with E-state index in [2.05, 4.69) is 10.6 Å². The standard InChI is InChI=1S/C19H24N2O2/c1-15-6-3-4-7-16(15)14-19(22)21-18-10-8-17(9-11-18)20-12-5-13-23-2/h3-4,6-11,20H,5,12-14H2,1-2H3,(H,21,22). The first-order chi connectivity index (χ1) is 11.2. The van der Waals surface area contributed by atoms with Crippen molar-refractivity contribution in [3.8, 4) is 0 Å². The number of anilines is 2. The Kier molecular flexibility index (Phi) is 6.63. The molecule has 0 bridgehead atoms. The van der Waals surface area contributed by atoms with Crippen LogP contribution in [0.4, 0.5) is 11.4 Å². The van der Waals surface area contributed by atoms with Crippen LogP contribution in [0.5, 0.6) is 0 Å². The molecule has 0 aliphatic heterocycles. The molecule has 2 aromatic rings. The highest BCUT2D eigenvalue weighted by Gasteiger charge is 2.06. The minimum atomic E-state index is 0.0000961. The lowest BCUT2D eigenvalue weighted by atomic mass is 10.1. The number of rotatable bonds is 8. The van der Waals surface area contributed by atoms with Crippen molar-refractivity contribution in [2.45, 2.75) is 19.8 Å². The third-order valence-corrected chi connectivity index (χ3v) is 3.64. The van der Waals surface area contributed by atoms with Gasteiger partial charge in [-0.2, -0.15) is 0 Å². The van der Waals surface area contributed by atoms with Gasteiger partial charge in [-0.25, -0.2) is 0 Å². The molecular formula is C19H24N2O2. The van der Waals surface area contributed by atoms with Gasteiger partial charge in [-0.1, -0.05) is 24.3 Å². The normalized spacial score (nSPS) is 10.3. The summed E-state index contributed by atoms with van der Waals surface area (Å²) in [6.45, 7) is 3.64. The Hall–Kier alpha value is -2.33. The molecule has 0 aliphatic rings. The molecule has 0 heterocycles. The molecule has 0 saturated heterocycles. The van der Waals surface area contributed by atoms with E-state index in [-0.39, 0.29) is 5.91 Å². The quantitative estimate of drug-likeness (QED) is 0.732. The topological polar surface area (TPSA) is 50.4 Å². The van der Waals surface area contributed by atoms with E-state index >= 15 is 0 Å². The second-order valence-corrected chi connectivity index (χ2v) is 5.50. The minimum Gasteiger partial charge on any atom is -0.385 e. The first-order valence-electron chi connectivity index (χ1n) is 7.86. The Balaban J connectivity index is 1.83. The van der Waals surface area contributed by atoms with E-state index < -0.39 is 0 Å². The molecular weight excluding hydrogens is 288 g/mol. The zero-order valence-corrected chi connectivity index (χ0v) is 13.8. The number of amides is 1. The van der Waals surface area contributed by atoms with Gasteiger partial charge in [-0.15, -0.1) is 0 Å². The van der Waals surface area contributed by atoms with Crippen LogP contribution in [0, 0.1) is 6.92 Å². The van der Waals surface area contributed by atoms with Gasteiger partial charge in [-0.3, -0.25) is 4.79 Å². The fourth-order valence-electron chi connectivity index (χ4n) is 2.31. The molecule has 0 aromatic heterocycles. The smallest absolute Gasteiger partial charge is 0.228 e. The lowest BCUT2D eigenvalue weighted by Crippen LogP contribution is -2.15. The van der Waals surface area contributed by atoms with Gasteiger partial charge in [0, 0.05) is 31.6 Å². The number of hydrogen-bond acceptors (Lipinski definition) is 3. The average molecular weight is 312 g/mol. The number of aryl methyl sites for hydroxylation is 1. The van der Waals surface area contributed by atoms with Crippen molar-refractivity contribution in [2.24, 2.45) is 0 Å². The van der Waals surface area contributed by atoms with Crippen LogP contribution in [-0.2, 0) is 16.0 Å². The second-order valence-electron chi connectivity index (χ2n) is 5.50. The van der Waals surface area contributed by atoms with Gasteiger partial charge in [0.2, 0.25) is 5.91 Å². The number of hydrogen-bond donors (Lipinski definition) is 2. The summed E-state index contributed by atoms with van der Waals surface area (Å²) >= 11 is 0. The number of carbonyl (C=O) groups is 1. The molecule has 1 amide bonds. The predicted molar refractivity (Wildman–Crippen MR) is 94.9 cm³/mol. The number of ether oxygens (including phenoxy) is 1. The summed E-state index contributed by atoms with van der Waals surface area (Å²) in [7, 11) is 1.70. The van der Waals surface area contributed by atoms with E-state index in [0.717, 1.165) is 42.1 Å². The Morgan fingerprint density at radius 1 is 1.04 bits per heavy atom. The van der Waals surface area contributed by atoms with Gasteiger partial charge in [0.15, 0.2) is 0 Å². The van der Waals surface area contributed by atoms with Crippen LogP contribution in [0.25, 0.3) is 0 Å². The lowest BCUT2D eigenvalue weighted by molar-refractivity contribution is -0.115. The van der Waals surface area contributed by atoms with Crippen molar-refractivity contribution in [3.05, 3.63) is 59.7 Å². The van der Waals surface area contributed by atoms with Gasteiger partial charge in [-0.05, 0) is 48.7 Å². The molecule has 0 aliphatic carbocycles. The van der Waals surface area contributed by atoms with Crippen molar-refractivity contribution >= 4 is 17.3 Å². The zero-order valence-electron chi connectivity index (χ0n) is 13.8. The number of benzene rings is 2. The van der Waals surface area contributed by atoms with Gasteiger partial charge >= 0.3 is 0 Å². The summed E-state index contributed by atoms with van der Waals surface area (Å²) in [5, 5.41) is 6.25. The van der Waals surface area contributed by atoms with Crippen molar-refractivity contribution in [3.63, 3.8) is 0 Å². The summed E-state index contributed by atoms with van der Waals surface area (Å²) in [6.07, 6.45) is 1.36. The monoisotopic (exact) mass is 312 g/mol. The third-order valence-electron chi connectivity index (χ3n) is 3.64. The van der Waals surface area contributed by atoms with Crippen LogP contribution in [-0.4, -0.2) is 26.2 Å². The maximum atomic E-state index is 12.1. The fraction of sp³-hybridized carbons (Fsp3) is 0.316. The summed E-state index contributed by atoms with van der Waals surface area (Å²) in [4.78, 5) is 12.1. The highest BCUT2D eigenvalue weighted by atomic mass is 16.5.